The van der Waals surface area contributed by atoms with Gasteiger partial charge in [-0.3, -0.25) is 0 Å². The maximum atomic E-state index is 12.3. The lowest BCUT2D eigenvalue weighted by molar-refractivity contribution is -0.115. The lowest BCUT2D eigenvalue weighted by Crippen LogP contribution is -2.38. The average Bonchev–Trinajstić information content (AvgIpc) is 2.40. The zero-order valence-electron chi connectivity index (χ0n) is 21.6. The summed E-state index contributed by atoms with van der Waals surface area (Å²) in [5.74, 6) is 0. The van der Waals surface area contributed by atoms with Crippen molar-refractivity contribution in [1.29, 1.82) is 0 Å². The number of carbonyl (C=O) groups excluding carboxylic acids is 1. The molecule has 0 aliphatic heterocycles. The Kier molecular flexibility index (Phi) is 11.9. The molecular weight excluding hydrogens is 384 g/mol. The van der Waals surface area contributed by atoms with E-state index in [2.05, 4.69) is 13.8 Å². The zero-order chi connectivity index (χ0) is 23.8. The normalized spacial score (nSPS) is 15.4. The molecule has 6 nitrogen and oxygen atoms in total. The highest BCUT2D eigenvalue weighted by Crippen LogP contribution is 2.26. The van der Waals surface area contributed by atoms with Crippen molar-refractivity contribution in [2.24, 2.45) is 0 Å². The second-order valence-corrected chi connectivity index (χ2v) is 10.7. The summed E-state index contributed by atoms with van der Waals surface area (Å²) in [4.78, 5) is 12.3. The van der Waals surface area contributed by atoms with Crippen molar-refractivity contribution in [3.8, 4) is 0 Å². The van der Waals surface area contributed by atoms with E-state index in [1.165, 1.54) is 0 Å². The van der Waals surface area contributed by atoms with Crippen molar-refractivity contribution < 1.29 is 28.5 Å². The van der Waals surface area contributed by atoms with Crippen LogP contribution in [-0.4, -0.2) is 54.0 Å². The summed E-state index contributed by atoms with van der Waals surface area (Å²) in [6.07, 6.45) is 1.21. The molecule has 0 amide bonds. The number of hydrogen-bond acceptors (Lipinski definition) is 6. The van der Waals surface area contributed by atoms with E-state index < -0.39 is 11.8 Å². The molecule has 0 saturated heterocycles. The Morgan fingerprint density at radius 3 is 1.73 bits per heavy atom. The van der Waals surface area contributed by atoms with Crippen molar-refractivity contribution in [3.63, 3.8) is 0 Å². The fourth-order valence-corrected chi connectivity index (χ4v) is 3.75. The van der Waals surface area contributed by atoms with E-state index in [-0.39, 0.29) is 35.6 Å². The number of hydrogen-bond donors (Lipinski definition) is 0. The van der Waals surface area contributed by atoms with Gasteiger partial charge in [0.2, 0.25) is 0 Å². The van der Waals surface area contributed by atoms with Crippen molar-refractivity contribution in [2.45, 2.75) is 144 Å². The Balaban J connectivity index is 4.53. The topological polar surface area (TPSA) is 63.2 Å². The largest absolute Gasteiger partial charge is 0.509 e. The highest BCUT2D eigenvalue weighted by molar-refractivity contribution is 5.60. The molecule has 180 valence electrons. The maximum Gasteiger partial charge on any atom is 0.509 e. The van der Waals surface area contributed by atoms with Crippen molar-refractivity contribution in [3.05, 3.63) is 0 Å². The first-order valence-corrected chi connectivity index (χ1v) is 11.3. The molecule has 0 aromatic carbocycles. The summed E-state index contributed by atoms with van der Waals surface area (Å²) < 4.78 is 28.8. The van der Waals surface area contributed by atoms with Gasteiger partial charge in [-0.1, -0.05) is 0 Å². The Morgan fingerprint density at radius 2 is 1.23 bits per heavy atom. The van der Waals surface area contributed by atoms with Crippen molar-refractivity contribution in [1.82, 2.24) is 0 Å². The molecule has 0 aliphatic carbocycles. The average molecular weight is 433 g/mol. The fraction of sp³-hybridized carbons (Fsp3) is 0.958. The highest BCUT2D eigenvalue weighted by atomic mass is 16.7. The van der Waals surface area contributed by atoms with Gasteiger partial charge in [0.05, 0.1) is 29.5 Å². The van der Waals surface area contributed by atoms with Gasteiger partial charge in [0.15, 0.2) is 0 Å². The molecule has 0 aromatic heterocycles. The molecule has 0 spiro atoms. The van der Waals surface area contributed by atoms with Gasteiger partial charge in [0, 0.05) is 19.4 Å². The maximum absolute atomic E-state index is 12.3. The van der Waals surface area contributed by atoms with Gasteiger partial charge in [-0.25, -0.2) is 4.79 Å². The van der Waals surface area contributed by atoms with Crippen LogP contribution in [0.2, 0.25) is 0 Å². The minimum atomic E-state index is -0.704. The van der Waals surface area contributed by atoms with Crippen LogP contribution in [0.25, 0.3) is 0 Å². The van der Waals surface area contributed by atoms with E-state index in [1.807, 2.05) is 69.2 Å². The third kappa shape index (κ3) is 15.0. The lowest BCUT2D eigenvalue weighted by Gasteiger charge is -2.34. The second-order valence-electron chi connectivity index (χ2n) is 10.7. The molecule has 0 heterocycles. The van der Waals surface area contributed by atoms with Crippen molar-refractivity contribution in [2.75, 3.05) is 6.61 Å². The number of rotatable bonds is 14. The minimum absolute atomic E-state index is 0.0855. The SMILES string of the molecule is CC(C)OCCC(C)(C)OC(C)CC(C)(C)OC(=O)OC(C)CC(C)(C)OC(C)C. The third-order valence-electron chi connectivity index (χ3n) is 4.45. The van der Waals surface area contributed by atoms with Crippen LogP contribution >= 0.6 is 0 Å². The molecule has 6 heteroatoms. The molecule has 0 aliphatic rings. The molecule has 0 fully saturated rings. The van der Waals surface area contributed by atoms with Crippen LogP contribution in [0.5, 0.6) is 0 Å². The molecule has 0 radical (unpaired) electrons. The summed E-state index contributed by atoms with van der Waals surface area (Å²) in [7, 11) is 0. The summed E-state index contributed by atoms with van der Waals surface area (Å²) in [5, 5.41) is 0. The second kappa shape index (κ2) is 12.3. The van der Waals surface area contributed by atoms with Gasteiger partial charge >= 0.3 is 6.16 Å². The zero-order valence-corrected chi connectivity index (χ0v) is 21.6. The van der Waals surface area contributed by atoms with E-state index in [9.17, 15) is 4.79 Å². The molecule has 30 heavy (non-hydrogen) atoms. The summed E-state index contributed by atoms with van der Waals surface area (Å²) >= 11 is 0. The summed E-state index contributed by atoms with van der Waals surface area (Å²) in [6, 6.07) is 0. The van der Waals surface area contributed by atoms with Crippen LogP contribution in [0.4, 0.5) is 4.79 Å². The van der Waals surface area contributed by atoms with Crippen LogP contribution < -0.4 is 0 Å². The first kappa shape index (κ1) is 29.1. The van der Waals surface area contributed by atoms with E-state index in [4.69, 9.17) is 23.7 Å². The van der Waals surface area contributed by atoms with E-state index in [1.54, 1.807) is 0 Å². The van der Waals surface area contributed by atoms with E-state index in [0.717, 1.165) is 6.42 Å². The molecule has 0 saturated carbocycles. The Bertz CT molecular complexity index is 496. The first-order chi connectivity index (χ1) is 13.4. The first-order valence-electron chi connectivity index (χ1n) is 11.3. The highest BCUT2D eigenvalue weighted by Gasteiger charge is 2.31. The van der Waals surface area contributed by atoms with E-state index >= 15 is 0 Å². The van der Waals surface area contributed by atoms with Crippen LogP contribution in [0.1, 0.15) is 102 Å². The van der Waals surface area contributed by atoms with Gasteiger partial charge in [-0.15, -0.1) is 0 Å². The van der Waals surface area contributed by atoms with Gasteiger partial charge in [0.25, 0.3) is 0 Å². The Labute approximate surface area is 185 Å². The predicted molar refractivity (Wildman–Crippen MR) is 121 cm³/mol. The van der Waals surface area contributed by atoms with Crippen LogP contribution in [0.15, 0.2) is 0 Å². The van der Waals surface area contributed by atoms with Crippen molar-refractivity contribution >= 4 is 6.16 Å². The molecular formula is C24H48O6. The Morgan fingerprint density at radius 1 is 0.700 bits per heavy atom. The standard InChI is InChI=1S/C24H48O6/c1-17(2)26-14-13-22(7,8)29-20(6)16-24(11,12)30-21(25)27-19(5)15-23(9,10)28-18(3)4/h17-20H,13-16H2,1-12H3. The third-order valence-corrected chi connectivity index (χ3v) is 4.45. The van der Waals surface area contributed by atoms with Gasteiger partial charge in [0.1, 0.15) is 11.7 Å². The van der Waals surface area contributed by atoms with Gasteiger partial charge < -0.3 is 23.7 Å². The van der Waals surface area contributed by atoms with Gasteiger partial charge in [-0.05, 0) is 89.5 Å². The number of ether oxygens (including phenoxy) is 5. The lowest BCUT2D eigenvalue weighted by atomic mass is 9.99. The minimum Gasteiger partial charge on any atom is -0.431 e. The monoisotopic (exact) mass is 432 g/mol. The fourth-order valence-electron chi connectivity index (χ4n) is 3.75. The van der Waals surface area contributed by atoms with Gasteiger partial charge in [-0.2, -0.15) is 0 Å². The summed E-state index contributed by atoms with van der Waals surface area (Å²) in [6.45, 7) is 24.4. The molecule has 0 bridgehead atoms. The molecule has 0 aromatic rings. The quantitative estimate of drug-likeness (QED) is 0.301. The van der Waals surface area contributed by atoms with E-state index in [0.29, 0.717) is 19.4 Å². The Hall–Kier alpha value is -0.850. The smallest absolute Gasteiger partial charge is 0.431 e. The van der Waals surface area contributed by atoms with Crippen LogP contribution in [-0.2, 0) is 23.7 Å². The van der Waals surface area contributed by atoms with Crippen LogP contribution in [0.3, 0.4) is 0 Å². The molecule has 0 rings (SSSR count). The molecule has 2 unspecified atom stereocenters. The molecule has 2 atom stereocenters. The molecule has 0 N–H and O–H groups in total. The predicted octanol–water partition coefficient (Wildman–Crippen LogP) is 6.29. The number of carbonyl (C=O) groups is 1. The summed E-state index contributed by atoms with van der Waals surface area (Å²) in [5.41, 5.74) is -1.40. The van der Waals surface area contributed by atoms with Crippen LogP contribution in [0, 0.1) is 0 Å².